The Bertz CT molecular complexity index is 739. The molecule has 3 amide bonds. The third-order valence-corrected chi connectivity index (χ3v) is 5.35. The molecular weight excluding hydrogens is 394 g/mol. The molecule has 0 heterocycles. The number of carbonyl (C=O) groups is 3. The van der Waals surface area contributed by atoms with Crippen molar-refractivity contribution in [3.8, 4) is 0 Å². The fourth-order valence-corrected chi connectivity index (χ4v) is 3.90. The fourth-order valence-electron chi connectivity index (χ4n) is 3.90. The number of carbonyl (C=O) groups excluding carboxylic acids is 3. The Hall–Kier alpha value is -2.57. The molecule has 1 aliphatic rings. The molecule has 2 rings (SSSR count). The first-order valence-electron chi connectivity index (χ1n) is 11.3. The molecule has 2 atom stereocenters. The smallest absolute Gasteiger partial charge is 0.408 e. The van der Waals surface area contributed by atoms with E-state index in [-0.39, 0.29) is 17.9 Å². The lowest BCUT2D eigenvalue weighted by atomic mass is 9.94. The summed E-state index contributed by atoms with van der Waals surface area (Å²) in [6, 6.07) is 7.85. The average molecular weight is 432 g/mol. The summed E-state index contributed by atoms with van der Waals surface area (Å²) in [5, 5.41) is 5.75. The van der Waals surface area contributed by atoms with E-state index in [1.807, 2.05) is 37.3 Å². The van der Waals surface area contributed by atoms with Gasteiger partial charge in [0.15, 0.2) is 0 Å². The number of hydrogen-bond donors (Lipinski definition) is 2. The van der Waals surface area contributed by atoms with Crippen molar-refractivity contribution >= 4 is 17.9 Å². The zero-order valence-corrected chi connectivity index (χ0v) is 19.4. The zero-order valence-electron chi connectivity index (χ0n) is 19.4. The Morgan fingerprint density at radius 3 is 2.26 bits per heavy atom. The lowest BCUT2D eigenvalue weighted by Crippen LogP contribution is -2.52. The lowest BCUT2D eigenvalue weighted by Gasteiger charge is -2.34. The maximum Gasteiger partial charge on any atom is 0.408 e. The Kier molecular flexibility index (Phi) is 8.89. The highest BCUT2D eigenvalue weighted by atomic mass is 16.6. The van der Waals surface area contributed by atoms with E-state index in [9.17, 15) is 14.4 Å². The number of alkyl carbamates (subject to hydrolysis) is 1. The van der Waals surface area contributed by atoms with Gasteiger partial charge in [-0.05, 0) is 53.0 Å². The van der Waals surface area contributed by atoms with Gasteiger partial charge in [0.1, 0.15) is 17.7 Å². The van der Waals surface area contributed by atoms with Crippen LogP contribution in [0.5, 0.6) is 0 Å². The van der Waals surface area contributed by atoms with Crippen LogP contribution in [0.3, 0.4) is 0 Å². The predicted octanol–water partition coefficient (Wildman–Crippen LogP) is 3.94. The summed E-state index contributed by atoms with van der Waals surface area (Å²) in [5.74, 6) is -0.515. The van der Waals surface area contributed by atoms with E-state index in [0.29, 0.717) is 6.54 Å². The van der Waals surface area contributed by atoms with Crippen molar-refractivity contribution in [1.82, 2.24) is 15.5 Å². The minimum atomic E-state index is -0.830. The largest absolute Gasteiger partial charge is 0.444 e. The van der Waals surface area contributed by atoms with Gasteiger partial charge >= 0.3 is 6.09 Å². The van der Waals surface area contributed by atoms with E-state index < -0.39 is 23.8 Å². The Morgan fingerprint density at radius 2 is 1.71 bits per heavy atom. The van der Waals surface area contributed by atoms with Crippen LogP contribution in [0.4, 0.5) is 4.79 Å². The van der Waals surface area contributed by atoms with Crippen LogP contribution in [0, 0.1) is 0 Å². The monoisotopic (exact) mass is 431 g/mol. The molecule has 0 spiro atoms. The summed E-state index contributed by atoms with van der Waals surface area (Å²) >= 11 is 0. The van der Waals surface area contributed by atoms with Gasteiger partial charge in [-0.15, -0.1) is 0 Å². The van der Waals surface area contributed by atoms with Crippen LogP contribution < -0.4 is 10.6 Å². The van der Waals surface area contributed by atoms with Crippen LogP contribution in [0.1, 0.15) is 78.3 Å². The predicted molar refractivity (Wildman–Crippen MR) is 120 cm³/mol. The number of likely N-dealkylation sites (N-methyl/N-ethyl adjacent to an activating group) is 1. The molecule has 1 saturated carbocycles. The standard InChI is InChI=1S/C24H37N3O4/c1-6-27(22(29)17(2)25-23(30)31-24(3,4)5)20(18-13-9-7-10-14-18)21(28)26-19-15-11-8-12-16-19/h7,9-10,13-14,17,19-20H,6,8,11-12,15-16H2,1-5H3,(H,25,30)(H,26,28). The molecule has 31 heavy (non-hydrogen) atoms. The summed E-state index contributed by atoms with van der Waals surface area (Å²) in [6.07, 6.45) is 4.67. The van der Waals surface area contributed by atoms with E-state index in [0.717, 1.165) is 31.2 Å². The molecule has 0 bridgehead atoms. The van der Waals surface area contributed by atoms with Crippen molar-refractivity contribution in [1.29, 1.82) is 0 Å². The van der Waals surface area contributed by atoms with Crippen LogP contribution in [0.15, 0.2) is 30.3 Å². The van der Waals surface area contributed by atoms with Gasteiger partial charge in [-0.1, -0.05) is 49.6 Å². The number of ether oxygens (including phenoxy) is 1. The van der Waals surface area contributed by atoms with Gasteiger partial charge in [-0.3, -0.25) is 9.59 Å². The first-order chi connectivity index (χ1) is 14.6. The van der Waals surface area contributed by atoms with Gasteiger partial charge in [0, 0.05) is 12.6 Å². The quantitative estimate of drug-likeness (QED) is 0.685. The van der Waals surface area contributed by atoms with Gasteiger partial charge in [0.2, 0.25) is 11.8 Å². The molecule has 1 aromatic rings. The topological polar surface area (TPSA) is 87.7 Å². The summed E-state index contributed by atoms with van der Waals surface area (Å²) in [5.41, 5.74) is 0.0829. The maximum absolute atomic E-state index is 13.3. The minimum absolute atomic E-state index is 0.138. The van der Waals surface area contributed by atoms with Crippen LogP contribution in [-0.2, 0) is 14.3 Å². The highest BCUT2D eigenvalue weighted by Gasteiger charge is 2.34. The molecule has 7 heteroatoms. The number of benzene rings is 1. The van der Waals surface area contributed by atoms with Crippen molar-refractivity contribution in [3.05, 3.63) is 35.9 Å². The summed E-state index contributed by atoms with van der Waals surface area (Å²) in [4.78, 5) is 40.3. The lowest BCUT2D eigenvalue weighted by molar-refractivity contribution is -0.142. The van der Waals surface area contributed by atoms with Crippen molar-refractivity contribution < 1.29 is 19.1 Å². The van der Waals surface area contributed by atoms with Crippen LogP contribution in [-0.4, -0.2) is 47.0 Å². The first-order valence-corrected chi connectivity index (χ1v) is 11.3. The highest BCUT2D eigenvalue weighted by Crippen LogP contribution is 2.24. The first kappa shape index (κ1) is 24.7. The van der Waals surface area contributed by atoms with E-state index in [1.54, 1.807) is 27.7 Å². The van der Waals surface area contributed by atoms with Gasteiger partial charge in [-0.2, -0.15) is 0 Å². The molecule has 1 aromatic carbocycles. The number of nitrogens with zero attached hydrogens (tertiary/aromatic N) is 1. The molecule has 1 fully saturated rings. The SMILES string of the molecule is CCN(C(=O)C(C)NC(=O)OC(C)(C)C)C(C(=O)NC1CCCCC1)c1ccccc1. The van der Waals surface area contributed by atoms with Crippen molar-refractivity contribution in [2.75, 3.05) is 6.54 Å². The fraction of sp³-hybridized carbons (Fsp3) is 0.625. The van der Waals surface area contributed by atoms with Crippen molar-refractivity contribution in [3.63, 3.8) is 0 Å². The third-order valence-electron chi connectivity index (χ3n) is 5.35. The molecule has 7 nitrogen and oxygen atoms in total. The van der Waals surface area contributed by atoms with Gasteiger partial charge in [0.25, 0.3) is 0 Å². The van der Waals surface area contributed by atoms with Crippen LogP contribution in [0.2, 0.25) is 0 Å². The highest BCUT2D eigenvalue weighted by molar-refractivity contribution is 5.92. The van der Waals surface area contributed by atoms with E-state index in [1.165, 1.54) is 11.3 Å². The van der Waals surface area contributed by atoms with Crippen LogP contribution in [0.25, 0.3) is 0 Å². The Morgan fingerprint density at radius 1 is 1.10 bits per heavy atom. The van der Waals surface area contributed by atoms with Crippen molar-refractivity contribution in [2.45, 2.75) is 90.4 Å². The Balaban J connectivity index is 2.20. The van der Waals surface area contributed by atoms with Crippen molar-refractivity contribution in [2.24, 2.45) is 0 Å². The van der Waals surface area contributed by atoms with Crippen LogP contribution >= 0.6 is 0 Å². The number of hydrogen-bond acceptors (Lipinski definition) is 4. The van der Waals surface area contributed by atoms with E-state index in [2.05, 4.69) is 10.6 Å². The summed E-state index contributed by atoms with van der Waals surface area (Å²) in [7, 11) is 0. The number of amides is 3. The molecule has 0 aliphatic heterocycles. The minimum Gasteiger partial charge on any atom is -0.444 e. The maximum atomic E-state index is 13.3. The molecule has 0 radical (unpaired) electrons. The zero-order chi connectivity index (χ0) is 23.0. The Labute approximate surface area is 185 Å². The second-order valence-electron chi connectivity index (χ2n) is 9.15. The molecule has 172 valence electrons. The third kappa shape index (κ3) is 7.56. The van der Waals surface area contributed by atoms with E-state index in [4.69, 9.17) is 4.74 Å². The molecule has 2 unspecified atom stereocenters. The summed E-state index contributed by atoms with van der Waals surface area (Å²) in [6.45, 7) is 9.06. The molecule has 2 N–H and O–H groups in total. The molecule has 0 aromatic heterocycles. The molecule has 1 aliphatic carbocycles. The molecular formula is C24H37N3O4. The normalized spacial score (nSPS) is 16.7. The van der Waals surface area contributed by atoms with Gasteiger partial charge in [0.05, 0.1) is 0 Å². The van der Waals surface area contributed by atoms with Gasteiger partial charge in [-0.25, -0.2) is 4.79 Å². The average Bonchev–Trinajstić information content (AvgIpc) is 2.71. The molecule has 0 saturated heterocycles. The summed E-state index contributed by atoms with van der Waals surface area (Å²) < 4.78 is 5.26. The number of rotatable bonds is 7. The van der Waals surface area contributed by atoms with Gasteiger partial charge < -0.3 is 20.3 Å². The second-order valence-corrected chi connectivity index (χ2v) is 9.15. The van der Waals surface area contributed by atoms with E-state index >= 15 is 0 Å². The number of nitrogens with one attached hydrogen (secondary N) is 2. The second kappa shape index (κ2) is 11.2.